The van der Waals surface area contributed by atoms with E-state index in [4.69, 9.17) is 16.3 Å². The van der Waals surface area contributed by atoms with Crippen LogP contribution in [0.4, 0.5) is 0 Å². The van der Waals surface area contributed by atoms with Crippen LogP contribution >= 0.6 is 11.6 Å². The van der Waals surface area contributed by atoms with Crippen molar-refractivity contribution in [2.45, 2.75) is 19.3 Å². The van der Waals surface area contributed by atoms with E-state index in [2.05, 4.69) is 0 Å². The number of hydrogen-bond donors (Lipinski definition) is 1. The van der Waals surface area contributed by atoms with Crippen molar-refractivity contribution in [2.24, 2.45) is 5.92 Å². The van der Waals surface area contributed by atoms with Crippen molar-refractivity contribution in [2.75, 3.05) is 13.7 Å². The second-order valence-electron chi connectivity index (χ2n) is 5.65. The maximum atomic E-state index is 12.2. The zero-order valence-corrected chi connectivity index (χ0v) is 13.9. The summed E-state index contributed by atoms with van der Waals surface area (Å²) >= 11 is 5.84. The largest absolute Gasteiger partial charge is 0.497 e. The molecule has 0 aliphatic heterocycles. The summed E-state index contributed by atoms with van der Waals surface area (Å²) in [6, 6.07) is 15.0. The molecule has 1 N–H and O–H groups in total. The normalized spacial score (nSPS) is 12.0. The summed E-state index contributed by atoms with van der Waals surface area (Å²) in [5.41, 5.74) is 2.00. The Bertz CT molecular complexity index is 637. The average molecular weight is 333 g/mol. The fraction of sp³-hybridized carbons (Fsp3) is 0.316. The van der Waals surface area contributed by atoms with Gasteiger partial charge in [-0.15, -0.1) is 0 Å². The number of carbonyl (C=O) groups is 1. The van der Waals surface area contributed by atoms with Crippen LogP contribution in [0.1, 0.15) is 17.5 Å². The molecule has 0 aliphatic rings. The van der Waals surface area contributed by atoms with Gasteiger partial charge in [-0.3, -0.25) is 4.79 Å². The van der Waals surface area contributed by atoms with Crippen molar-refractivity contribution in [1.29, 1.82) is 0 Å². The third-order valence-electron chi connectivity index (χ3n) is 3.75. The van der Waals surface area contributed by atoms with Crippen LogP contribution in [0.3, 0.4) is 0 Å². The SMILES string of the molecule is COc1cccc(CC(CO)CC(=O)Cc2ccc(Cl)cc2)c1. The number of methoxy groups -OCH3 is 1. The Morgan fingerprint density at radius 2 is 1.91 bits per heavy atom. The van der Waals surface area contributed by atoms with Gasteiger partial charge >= 0.3 is 0 Å². The van der Waals surface area contributed by atoms with Gasteiger partial charge in [0, 0.05) is 24.5 Å². The molecule has 23 heavy (non-hydrogen) atoms. The number of ether oxygens (including phenoxy) is 1. The number of ketones is 1. The first-order chi connectivity index (χ1) is 11.1. The summed E-state index contributed by atoms with van der Waals surface area (Å²) in [7, 11) is 1.62. The average Bonchev–Trinajstić information content (AvgIpc) is 2.56. The highest BCUT2D eigenvalue weighted by molar-refractivity contribution is 6.30. The third-order valence-corrected chi connectivity index (χ3v) is 4.00. The summed E-state index contributed by atoms with van der Waals surface area (Å²) in [5.74, 6) is 0.822. The van der Waals surface area contributed by atoms with Crippen LogP contribution < -0.4 is 4.74 Å². The molecule has 0 saturated heterocycles. The minimum atomic E-state index is -0.0816. The molecule has 0 radical (unpaired) electrons. The number of rotatable bonds is 8. The first-order valence-corrected chi connectivity index (χ1v) is 7.98. The molecule has 1 unspecified atom stereocenters. The molecule has 122 valence electrons. The molecule has 0 aliphatic carbocycles. The summed E-state index contributed by atoms with van der Waals surface area (Å²) < 4.78 is 5.20. The van der Waals surface area contributed by atoms with Crippen LogP contribution in [0, 0.1) is 5.92 Å². The molecule has 0 heterocycles. The summed E-state index contributed by atoms with van der Waals surface area (Å²) in [6.07, 6.45) is 1.38. The van der Waals surface area contributed by atoms with Gasteiger partial charge in [0.15, 0.2) is 0 Å². The Hall–Kier alpha value is -1.84. The van der Waals surface area contributed by atoms with E-state index < -0.39 is 0 Å². The molecule has 3 nitrogen and oxygen atoms in total. The van der Waals surface area contributed by atoms with Gasteiger partial charge in [0.05, 0.1) is 7.11 Å². The van der Waals surface area contributed by atoms with Crippen molar-refractivity contribution in [3.8, 4) is 5.75 Å². The Morgan fingerprint density at radius 1 is 1.17 bits per heavy atom. The molecule has 2 rings (SSSR count). The van der Waals surface area contributed by atoms with E-state index in [0.29, 0.717) is 24.3 Å². The number of aliphatic hydroxyl groups excluding tert-OH is 1. The van der Waals surface area contributed by atoms with Gasteiger partial charge in [0.2, 0.25) is 0 Å². The fourth-order valence-corrected chi connectivity index (χ4v) is 2.68. The molecule has 0 aromatic heterocycles. The van der Waals surface area contributed by atoms with E-state index in [1.165, 1.54) is 0 Å². The smallest absolute Gasteiger partial charge is 0.137 e. The summed E-state index contributed by atoms with van der Waals surface area (Å²) in [4.78, 5) is 12.2. The van der Waals surface area contributed by atoms with Crippen molar-refractivity contribution >= 4 is 17.4 Å². The molecular weight excluding hydrogens is 312 g/mol. The third kappa shape index (κ3) is 5.70. The topological polar surface area (TPSA) is 46.5 Å². The minimum Gasteiger partial charge on any atom is -0.497 e. The van der Waals surface area contributed by atoms with E-state index in [1.54, 1.807) is 19.2 Å². The second-order valence-corrected chi connectivity index (χ2v) is 6.09. The molecule has 4 heteroatoms. The Labute approximate surface area is 141 Å². The minimum absolute atomic E-state index is 0.0103. The number of halogens is 1. The zero-order valence-electron chi connectivity index (χ0n) is 13.2. The van der Waals surface area contributed by atoms with Gasteiger partial charge in [-0.1, -0.05) is 35.9 Å². The predicted molar refractivity (Wildman–Crippen MR) is 92.1 cm³/mol. The highest BCUT2D eigenvalue weighted by atomic mass is 35.5. The molecule has 1 atom stereocenters. The van der Waals surface area contributed by atoms with Gasteiger partial charge in [0.25, 0.3) is 0 Å². The first-order valence-electron chi connectivity index (χ1n) is 7.60. The standard InChI is InChI=1S/C19H21ClO3/c1-23-19-4-2-3-15(12-19)9-16(13-21)11-18(22)10-14-5-7-17(20)8-6-14/h2-8,12,16,21H,9-11,13H2,1H3. The second kappa shape index (κ2) is 8.70. The summed E-state index contributed by atoms with van der Waals surface area (Å²) in [5, 5.41) is 10.2. The van der Waals surface area contributed by atoms with Gasteiger partial charge in [-0.25, -0.2) is 0 Å². The van der Waals surface area contributed by atoms with Crippen LogP contribution in [0.15, 0.2) is 48.5 Å². The van der Waals surface area contributed by atoms with E-state index in [1.807, 2.05) is 36.4 Å². The van der Waals surface area contributed by atoms with E-state index in [0.717, 1.165) is 16.9 Å². The monoisotopic (exact) mass is 332 g/mol. The fourth-order valence-electron chi connectivity index (χ4n) is 2.56. The van der Waals surface area contributed by atoms with Crippen LogP contribution in [-0.4, -0.2) is 24.6 Å². The van der Waals surface area contributed by atoms with E-state index in [-0.39, 0.29) is 18.3 Å². The highest BCUT2D eigenvalue weighted by Gasteiger charge is 2.14. The molecule has 2 aromatic carbocycles. The quantitative estimate of drug-likeness (QED) is 0.801. The predicted octanol–water partition coefficient (Wildman–Crippen LogP) is 3.70. The first kappa shape index (κ1) is 17.5. The van der Waals surface area contributed by atoms with Crippen LogP contribution in [0.5, 0.6) is 5.75 Å². The van der Waals surface area contributed by atoms with Crippen LogP contribution in [0.2, 0.25) is 5.02 Å². The van der Waals surface area contributed by atoms with Crippen molar-refractivity contribution in [3.05, 3.63) is 64.7 Å². The van der Waals surface area contributed by atoms with Crippen molar-refractivity contribution in [3.63, 3.8) is 0 Å². The zero-order chi connectivity index (χ0) is 16.7. The maximum absolute atomic E-state index is 12.2. The Balaban J connectivity index is 1.92. The van der Waals surface area contributed by atoms with Crippen LogP contribution in [0.25, 0.3) is 0 Å². The van der Waals surface area contributed by atoms with Gasteiger partial charge in [-0.05, 0) is 47.7 Å². The van der Waals surface area contributed by atoms with E-state index in [9.17, 15) is 9.90 Å². The number of carbonyl (C=O) groups excluding carboxylic acids is 1. The lowest BCUT2D eigenvalue weighted by molar-refractivity contribution is -0.119. The van der Waals surface area contributed by atoms with Gasteiger partial charge in [0.1, 0.15) is 11.5 Å². The van der Waals surface area contributed by atoms with Crippen molar-refractivity contribution < 1.29 is 14.6 Å². The molecule has 2 aromatic rings. The van der Waals surface area contributed by atoms with Gasteiger partial charge in [-0.2, -0.15) is 0 Å². The Kier molecular flexibility index (Phi) is 6.63. The maximum Gasteiger partial charge on any atom is 0.137 e. The number of hydrogen-bond acceptors (Lipinski definition) is 3. The molecule has 0 bridgehead atoms. The van der Waals surface area contributed by atoms with E-state index >= 15 is 0 Å². The van der Waals surface area contributed by atoms with Gasteiger partial charge < -0.3 is 9.84 Å². The van der Waals surface area contributed by atoms with Crippen molar-refractivity contribution in [1.82, 2.24) is 0 Å². The number of aliphatic hydroxyl groups is 1. The number of Topliss-reactive ketones (excluding diaryl/α,β-unsaturated/α-hetero) is 1. The molecular formula is C19H21ClO3. The number of benzene rings is 2. The molecule has 0 saturated carbocycles. The lowest BCUT2D eigenvalue weighted by atomic mass is 9.93. The lowest BCUT2D eigenvalue weighted by Crippen LogP contribution is -2.16. The Morgan fingerprint density at radius 3 is 2.57 bits per heavy atom. The van der Waals surface area contributed by atoms with Crippen LogP contribution in [-0.2, 0) is 17.6 Å². The molecule has 0 amide bonds. The highest BCUT2D eigenvalue weighted by Crippen LogP contribution is 2.19. The summed E-state index contributed by atoms with van der Waals surface area (Å²) in [6.45, 7) is -0.0103. The molecule has 0 fully saturated rings. The molecule has 0 spiro atoms. The lowest BCUT2D eigenvalue weighted by Gasteiger charge is -2.14.